The van der Waals surface area contributed by atoms with Crippen molar-refractivity contribution in [3.63, 3.8) is 0 Å². The first kappa shape index (κ1) is 19.9. The van der Waals surface area contributed by atoms with Crippen LogP contribution in [0.5, 0.6) is 0 Å². The van der Waals surface area contributed by atoms with E-state index < -0.39 is 0 Å². The van der Waals surface area contributed by atoms with Crippen LogP contribution in [-0.4, -0.2) is 5.48 Å². The fourth-order valence-electron chi connectivity index (χ4n) is 1.15. The van der Waals surface area contributed by atoms with Crippen LogP contribution >= 0.6 is 0 Å². The Balaban J connectivity index is 0. The van der Waals surface area contributed by atoms with Gasteiger partial charge >= 0.3 is 0 Å². The summed E-state index contributed by atoms with van der Waals surface area (Å²) < 4.78 is 0. The first-order chi connectivity index (χ1) is 9.00. The highest BCUT2D eigenvalue weighted by molar-refractivity contribution is 5.00. The lowest BCUT2D eigenvalue weighted by molar-refractivity contribution is 0.824. The molecule has 0 saturated carbocycles. The van der Waals surface area contributed by atoms with Gasteiger partial charge in [0.1, 0.15) is 0 Å². The molecule has 106 valence electrons. The first-order valence-electron chi connectivity index (χ1n) is 6.00. The van der Waals surface area contributed by atoms with Crippen LogP contribution < -0.4 is 0 Å². The molecule has 0 spiro atoms. The van der Waals surface area contributed by atoms with Crippen LogP contribution in [0.15, 0.2) is 109 Å². The van der Waals surface area contributed by atoms with Gasteiger partial charge in [0.15, 0.2) is 0 Å². The molecule has 3 aromatic rings. The maximum absolute atomic E-state index is 2.00. The summed E-state index contributed by atoms with van der Waals surface area (Å²) in [6, 6.07) is 36.0. The van der Waals surface area contributed by atoms with Crippen LogP contribution in [0.4, 0.5) is 0 Å². The highest BCUT2D eigenvalue weighted by Gasteiger charge is 1.59. The number of hydrogen-bond acceptors (Lipinski definition) is 0. The Bertz CT molecular complexity index is 297. The van der Waals surface area contributed by atoms with Gasteiger partial charge in [-0.2, -0.15) is 0 Å². The quantitative estimate of drug-likeness (QED) is 0.557. The third kappa shape index (κ3) is 13.7. The summed E-state index contributed by atoms with van der Waals surface area (Å²) in [6.45, 7) is 0. The van der Waals surface area contributed by atoms with Crippen molar-refractivity contribution in [2.24, 2.45) is 0 Å². The minimum Gasteiger partial charge on any atom is -0.412 e. The van der Waals surface area contributed by atoms with Crippen molar-refractivity contribution in [2.45, 2.75) is 7.43 Å². The van der Waals surface area contributed by atoms with Crippen molar-refractivity contribution in [2.75, 3.05) is 0 Å². The number of hydrogen-bond donors (Lipinski definition) is 0. The molecule has 0 aliphatic carbocycles. The molecule has 0 atom stereocenters. The van der Waals surface area contributed by atoms with Crippen molar-refractivity contribution in [3.05, 3.63) is 109 Å². The van der Waals surface area contributed by atoms with Crippen LogP contribution in [0, 0.1) is 0 Å². The lowest BCUT2D eigenvalue weighted by Crippen LogP contribution is -1.47. The Morgan fingerprint density at radius 2 is 0.250 bits per heavy atom. The van der Waals surface area contributed by atoms with E-state index in [-0.39, 0.29) is 12.9 Å². The third-order valence-electron chi connectivity index (χ3n) is 2.00. The fraction of sp³-hybridized carbons (Fsp3) is 0.0526. The van der Waals surface area contributed by atoms with E-state index in [1.807, 2.05) is 109 Å². The maximum atomic E-state index is 2.00. The molecule has 2 N–H and O–H groups in total. The largest absolute Gasteiger partial charge is 0.412 e. The summed E-state index contributed by atoms with van der Waals surface area (Å²) in [5, 5.41) is 0. The molecule has 0 unspecified atom stereocenters. The van der Waals surface area contributed by atoms with Crippen molar-refractivity contribution in [3.8, 4) is 0 Å². The third-order valence-corrected chi connectivity index (χ3v) is 2.00. The van der Waals surface area contributed by atoms with Gasteiger partial charge in [-0.05, 0) is 0 Å². The lowest BCUT2D eigenvalue weighted by atomic mass is 10.4. The molecular weight excluding hydrogens is 244 g/mol. The summed E-state index contributed by atoms with van der Waals surface area (Å²) in [5.74, 6) is 0. The van der Waals surface area contributed by atoms with E-state index in [0.29, 0.717) is 0 Å². The van der Waals surface area contributed by atoms with Crippen molar-refractivity contribution >= 4 is 0 Å². The van der Waals surface area contributed by atoms with Crippen molar-refractivity contribution in [1.29, 1.82) is 0 Å². The van der Waals surface area contributed by atoms with E-state index in [0.717, 1.165) is 0 Å². The zero-order valence-electron chi connectivity index (χ0n) is 10.9. The molecular formula is C19H24O. The number of rotatable bonds is 0. The number of benzene rings is 3. The first-order valence-corrected chi connectivity index (χ1v) is 6.00. The average molecular weight is 268 g/mol. The Morgan fingerprint density at radius 3 is 0.300 bits per heavy atom. The molecule has 3 rings (SSSR count). The SMILES string of the molecule is C.O.c1ccccc1.c1ccccc1.c1ccccc1. The maximum Gasteiger partial charge on any atom is -0.0623 e. The highest BCUT2D eigenvalue weighted by atomic mass is 16.0. The minimum atomic E-state index is 0. The molecule has 20 heavy (non-hydrogen) atoms. The summed E-state index contributed by atoms with van der Waals surface area (Å²) in [6.07, 6.45) is 0. The van der Waals surface area contributed by atoms with Crippen LogP contribution in [0.1, 0.15) is 7.43 Å². The minimum absolute atomic E-state index is 0. The second-order valence-electron chi connectivity index (χ2n) is 3.46. The zero-order valence-corrected chi connectivity index (χ0v) is 10.9. The van der Waals surface area contributed by atoms with Gasteiger partial charge in [-0.15, -0.1) is 0 Å². The van der Waals surface area contributed by atoms with Gasteiger partial charge < -0.3 is 5.48 Å². The highest BCUT2D eigenvalue weighted by Crippen LogP contribution is 1.81. The smallest absolute Gasteiger partial charge is 0.0623 e. The van der Waals surface area contributed by atoms with E-state index in [9.17, 15) is 0 Å². The molecule has 0 bridgehead atoms. The van der Waals surface area contributed by atoms with Gasteiger partial charge in [0.2, 0.25) is 0 Å². The summed E-state index contributed by atoms with van der Waals surface area (Å²) in [5.41, 5.74) is 0. The van der Waals surface area contributed by atoms with Gasteiger partial charge in [0.25, 0.3) is 0 Å². The zero-order chi connectivity index (χ0) is 12.7. The monoisotopic (exact) mass is 268 g/mol. The second kappa shape index (κ2) is 16.6. The van der Waals surface area contributed by atoms with Crippen LogP contribution in [0.2, 0.25) is 0 Å². The van der Waals surface area contributed by atoms with E-state index in [1.54, 1.807) is 0 Å². The molecule has 0 amide bonds. The molecule has 0 saturated heterocycles. The molecule has 0 aromatic heterocycles. The van der Waals surface area contributed by atoms with Gasteiger partial charge in [0.05, 0.1) is 0 Å². The molecule has 0 aliphatic rings. The van der Waals surface area contributed by atoms with Crippen molar-refractivity contribution in [1.82, 2.24) is 0 Å². The van der Waals surface area contributed by atoms with E-state index in [2.05, 4.69) is 0 Å². The summed E-state index contributed by atoms with van der Waals surface area (Å²) >= 11 is 0. The van der Waals surface area contributed by atoms with Crippen molar-refractivity contribution < 1.29 is 5.48 Å². The van der Waals surface area contributed by atoms with Gasteiger partial charge in [-0.25, -0.2) is 0 Å². The molecule has 3 aromatic carbocycles. The average Bonchev–Trinajstić information content (AvgIpc) is 2.54. The molecule has 0 fully saturated rings. The lowest BCUT2D eigenvalue weighted by Gasteiger charge is -1.69. The Morgan fingerprint density at radius 1 is 0.200 bits per heavy atom. The molecule has 0 aliphatic heterocycles. The van der Waals surface area contributed by atoms with Crippen LogP contribution in [-0.2, 0) is 0 Å². The second-order valence-corrected chi connectivity index (χ2v) is 3.46. The van der Waals surface area contributed by atoms with Gasteiger partial charge in [-0.3, -0.25) is 0 Å². The molecule has 1 nitrogen and oxygen atoms in total. The molecule has 0 heterocycles. The standard InChI is InChI=1S/3C6H6.CH4.H2O/c3*1-2-4-6-5-3-1;;/h3*1-6H;1H4;1H2. The fourth-order valence-corrected chi connectivity index (χ4v) is 1.15. The normalized spacial score (nSPS) is 7.20. The van der Waals surface area contributed by atoms with Crippen LogP contribution in [0.3, 0.4) is 0 Å². The molecule has 1 heteroatoms. The predicted octanol–water partition coefficient (Wildman–Crippen LogP) is 4.87. The van der Waals surface area contributed by atoms with E-state index >= 15 is 0 Å². The van der Waals surface area contributed by atoms with E-state index in [4.69, 9.17) is 0 Å². The van der Waals surface area contributed by atoms with Gasteiger partial charge in [0, 0.05) is 0 Å². The van der Waals surface area contributed by atoms with Crippen LogP contribution in [0.25, 0.3) is 0 Å². The summed E-state index contributed by atoms with van der Waals surface area (Å²) in [4.78, 5) is 0. The predicted molar refractivity (Wildman–Crippen MR) is 89.7 cm³/mol. The Kier molecular flexibility index (Phi) is 16.6. The Hall–Kier alpha value is -2.38. The van der Waals surface area contributed by atoms with Gasteiger partial charge in [-0.1, -0.05) is 117 Å². The molecule has 0 radical (unpaired) electrons. The van der Waals surface area contributed by atoms with E-state index in [1.165, 1.54) is 0 Å². The topological polar surface area (TPSA) is 31.5 Å². The Labute approximate surface area is 122 Å². The summed E-state index contributed by atoms with van der Waals surface area (Å²) in [7, 11) is 0.